The molecule has 102 valence electrons. The molecule has 9 heteroatoms. The fourth-order valence-electron chi connectivity index (χ4n) is 1.51. The standard InChI is InChI=1S/C10H13N5O3S/c1-3-7-12-13-10(19-5-9(16)17)15(7)4-8-11-6(2)14-18-8/h3-5H2,1-2H3,(H,16,17). The van der Waals surface area contributed by atoms with E-state index in [0.29, 0.717) is 29.8 Å². The van der Waals surface area contributed by atoms with Gasteiger partial charge in [0.15, 0.2) is 11.0 Å². The minimum Gasteiger partial charge on any atom is -0.481 e. The van der Waals surface area contributed by atoms with Gasteiger partial charge < -0.3 is 9.63 Å². The quantitative estimate of drug-likeness (QED) is 0.774. The molecule has 8 nitrogen and oxygen atoms in total. The Balaban J connectivity index is 2.20. The molecule has 0 atom stereocenters. The number of carbonyl (C=O) groups is 1. The Morgan fingerprint density at radius 2 is 2.26 bits per heavy atom. The largest absolute Gasteiger partial charge is 0.481 e. The van der Waals surface area contributed by atoms with Crippen LogP contribution in [-0.4, -0.2) is 41.7 Å². The topological polar surface area (TPSA) is 107 Å². The number of rotatable bonds is 6. The summed E-state index contributed by atoms with van der Waals surface area (Å²) in [6.07, 6.45) is 0.688. The van der Waals surface area contributed by atoms with Gasteiger partial charge in [-0.15, -0.1) is 10.2 Å². The molecule has 0 radical (unpaired) electrons. The van der Waals surface area contributed by atoms with E-state index in [1.165, 1.54) is 0 Å². The van der Waals surface area contributed by atoms with E-state index in [9.17, 15) is 4.79 Å². The Morgan fingerprint density at radius 1 is 1.47 bits per heavy atom. The number of thioether (sulfide) groups is 1. The molecule has 0 bridgehead atoms. The SMILES string of the molecule is CCc1nnc(SCC(=O)O)n1Cc1nc(C)no1. The molecule has 19 heavy (non-hydrogen) atoms. The monoisotopic (exact) mass is 283 g/mol. The molecule has 2 aromatic rings. The second kappa shape index (κ2) is 5.83. The maximum Gasteiger partial charge on any atom is 0.313 e. The number of nitrogens with zero attached hydrogens (tertiary/aromatic N) is 5. The second-order valence-corrected chi connectivity index (χ2v) is 4.70. The summed E-state index contributed by atoms with van der Waals surface area (Å²) >= 11 is 1.12. The fraction of sp³-hybridized carbons (Fsp3) is 0.500. The summed E-state index contributed by atoms with van der Waals surface area (Å²) in [6, 6.07) is 0. The van der Waals surface area contributed by atoms with Gasteiger partial charge in [-0.05, 0) is 6.92 Å². The first-order valence-corrected chi connectivity index (χ1v) is 6.64. The lowest BCUT2D eigenvalue weighted by Gasteiger charge is -2.05. The second-order valence-electron chi connectivity index (χ2n) is 3.76. The molecule has 2 rings (SSSR count). The lowest BCUT2D eigenvalue weighted by molar-refractivity contribution is -0.133. The minimum absolute atomic E-state index is 0.0648. The van der Waals surface area contributed by atoms with Crippen molar-refractivity contribution in [1.82, 2.24) is 24.9 Å². The van der Waals surface area contributed by atoms with Gasteiger partial charge in [-0.2, -0.15) is 4.98 Å². The fourth-order valence-corrected chi connectivity index (χ4v) is 2.19. The molecule has 0 aliphatic carbocycles. The lowest BCUT2D eigenvalue weighted by Crippen LogP contribution is -2.08. The third-order valence-electron chi connectivity index (χ3n) is 2.30. The van der Waals surface area contributed by atoms with Gasteiger partial charge in [0.2, 0.25) is 5.89 Å². The van der Waals surface area contributed by atoms with E-state index >= 15 is 0 Å². The van der Waals surface area contributed by atoms with E-state index < -0.39 is 5.97 Å². The van der Waals surface area contributed by atoms with Crippen LogP contribution in [0.4, 0.5) is 0 Å². The van der Waals surface area contributed by atoms with E-state index in [0.717, 1.165) is 17.6 Å². The molecule has 0 aliphatic rings. The van der Waals surface area contributed by atoms with E-state index in [1.807, 2.05) is 6.92 Å². The number of aryl methyl sites for hydroxylation is 2. The molecule has 2 aromatic heterocycles. The third-order valence-corrected chi connectivity index (χ3v) is 3.25. The van der Waals surface area contributed by atoms with Gasteiger partial charge in [0.1, 0.15) is 12.4 Å². The van der Waals surface area contributed by atoms with Crippen LogP contribution in [0.2, 0.25) is 0 Å². The van der Waals surface area contributed by atoms with Gasteiger partial charge in [-0.25, -0.2) is 0 Å². The molecule has 0 saturated heterocycles. The van der Waals surface area contributed by atoms with Gasteiger partial charge in [-0.3, -0.25) is 9.36 Å². The number of aliphatic carboxylic acids is 1. The number of carboxylic acids is 1. The van der Waals surface area contributed by atoms with Crippen molar-refractivity contribution in [3.63, 3.8) is 0 Å². The van der Waals surface area contributed by atoms with Crippen LogP contribution in [0.1, 0.15) is 24.5 Å². The van der Waals surface area contributed by atoms with Crippen LogP contribution >= 0.6 is 11.8 Å². The molecule has 0 spiro atoms. The van der Waals surface area contributed by atoms with Crippen molar-refractivity contribution in [2.24, 2.45) is 0 Å². The summed E-state index contributed by atoms with van der Waals surface area (Å²) < 4.78 is 6.85. The first-order chi connectivity index (χ1) is 9.10. The van der Waals surface area contributed by atoms with E-state index in [4.69, 9.17) is 9.63 Å². The number of aromatic nitrogens is 5. The zero-order valence-electron chi connectivity index (χ0n) is 10.5. The zero-order chi connectivity index (χ0) is 13.8. The molecule has 2 heterocycles. The summed E-state index contributed by atoms with van der Waals surface area (Å²) in [6.45, 7) is 4.03. The van der Waals surface area contributed by atoms with Crippen LogP contribution < -0.4 is 0 Å². The maximum atomic E-state index is 10.6. The van der Waals surface area contributed by atoms with Crippen LogP contribution in [0.15, 0.2) is 9.68 Å². The summed E-state index contributed by atoms with van der Waals surface area (Å²) in [7, 11) is 0. The average molecular weight is 283 g/mol. The van der Waals surface area contributed by atoms with Crippen molar-refractivity contribution in [3.05, 3.63) is 17.5 Å². The predicted molar refractivity (Wildman–Crippen MR) is 65.9 cm³/mol. The van der Waals surface area contributed by atoms with Crippen molar-refractivity contribution in [3.8, 4) is 0 Å². The highest BCUT2D eigenvalue weighted by Gasteiger charge is 2.15. The van der Waals surface area contributed by atoms with Gasteiger partial charge >= 0.3 is 5.97 Å². The average Bonchev–Trinajstić information content (AvgIpc) is 2.94. The van der Waals surface area contributed by atoms with E-state index in [-0.39, 0.29) is 5.75 Å². The first-order valence-electron chi connectivity index (χ1n) is 5.66. The van der Waals surface area contributed by atoms with Crippen molar-refractivity contribution in [2.45, 2.75) is 32.0 Å². The summed E-state index contributed by atoms with van der Waals surface area (Å²) in [4.78, 5) is 14.7. The summed E-state index contributed by atoms with van der Waals surface area (Å²) in [5, 5.41) is 21.0. The van der Waals surface area contributed by atoms with Gasteiger partial charge in [0.05, 0.1) is 5.75 Å². The number of hydrogen-bond donors (Lipinski definition) is 1. The van der Waals surface area contributed by atoms with Crippen LogP contribution in [0.25, 0.3) is 0 Å². The summed E-state index contributed by atoms with van der Waals surface area (Å²) in [5.41, 5.74) is 0. The lowest BCUT2D eigenvalue weighted by atomic mass is 10.4. The van der Waals surface area contributed by atoms with Crippen molar-refractivity contribution >= 4 is 17.7 Å². The molecule has 0 aromatic carbocycles. The smallest absolute Gasteiger partial charge is 0.313 e. The molecule has 0 aliphatic heterocycles. The molecule has 0 unspecified atom stereocenters. The van der Waals surface area contributed by atoms with Gasteiger partial charge in [0.25, 0.3) is 0 Å². The van der Waals surface area contributed by atoms with Crippen molar-refractivity contribution < 1.29 is 14.4 Å². The first kappa shape index (κ1) is 13.5. The normalized spacial score (nSPS) is 10.8. The van der Waals surface area contributed by atoms with Gasteiger partial charge in [-0.1, -0.05) is 23.8 Å². The Labute approximate surface area is 113 Å². The Kier molecular flexibility index (Phi) is 4.15. The molecular formula is C10H13N5O3S. The van der Waals surface area contributed by atoms with Crippen LogP contribution in [0, 0.1) is 6.92 Å². The number of hydrogen-bond acceptors (Lipinski definition) is 7. The van der Waals surface area contributed by atoms with Crippen molar-refractivity contribution in [2.75, 3.05) is 5.75 Å². The van der Waals surface area contributed by atoms with E-state index in [1.54, 1.807) is 11.5 Å². The van der Waals surface area contributed by atoms with E-state index in [2.05, 4.69) is 20.3 Å². The molecule has 1 N–H and O–H groups in total. The minimum atomic E-state index is -0.897. The highest BCUT2D eigenvalue weighted by atomic mass is 32.2. The highest BCUT2D eigenvalue weighted by Crippen LogP contribution is 2.18. The molecule has 0 saturated carbocycles. The Bertz CT molecular complexity index is 579. The highest BCUT2D eigenvalue weighted by molar-refractivity contribution is 7.99. The predicted octanol–water partition coefficient (Wildman–Crippen LogP) is 0.757. The third kappa shape index (κ3) is 3.31. The zero-order valence-corrected chi connectivity index (χ0v) is 11.3. The number of carboxylic acid groups (broad SMARTS) is 1. The molecule has 0 fully saturated rings. The van der Waals surface area contributed by atoms with Crippen molar-refractivity contribution in [1.29, 1.82) is 0 Å². The molecule has 0 amide bonds. The Morgan fingerprint density at radius 3 is 2.84 bits per heavy atom. The summed E-state index contributed by atoms with van der Waals surface area (Å²) in [5.74, 6) is 0.796. The van der Waals surface area contributed by atoms with Gasteiger partial charge in [0, 0.05) is 6.42 Å². The molecular weight excluding hydrogens is 270 g/mol. The van der Waals surface area contributed by atoms with Crippen LogP contribution in [0.3, 0.4) is 0 Å². The van der Waals surface area contributed by atoms with Crippen LogP contribution in [-0.2, 0) is 17.8 Å². The Hall–Kier alpha value is -1.90. The van der Waals surface area contributed by atoms with Crippen LogP contribution in [0.5, 0.6) is 0 Å². The maximum absolute atomic E-state index is 10.6.